The molecule has 8 heteroatoms. The number of nitrogens with zero attached hydrogens (tertiary/aromatic N) is 5. The van der Waals surface area contributed by atoms with Crippen LogP contribution in [0.25, 0.3) is 0 Å². The molecule has 0 bridgehead atoms. The molecule has 0 aliphatic carbocycles. The highest BCUT2D eigenvalue weighted by atomic mass is 19.1. The molecule has 0 amide bonds. The van der Waals surface area contributed by atoms with Gasteiger partial charge < -0.3 is 15.0 Å². The highest BCUT2D eigenvalue weighted by molar-refractivity contribution is 6.07. The Balaban J connectivity index is 1.58. The molecule has 7 nitrogen and oxygen atoms in total. The molecule has 1 N–H and O–H groups in total. The summed E-state index contributed by atoms with van der Waals surface area (Å²) in [5, 5.41) is 3.47. The third kappa shape index (κ3) is 3.74. The van der Waals surface area contributed by atoms with Crippen LogP contribution in [0.2, 0.25) is 0 Å². The Labute approximate surface area is 163 Å². The number of rotatable bonds is 4. The first-order valence-corrected chi connectivity index (χ1v) is 9.21. The second kappa shape index (κ2) is 8.04. The highest BCUT2D eigenvalue weighted by Crippen LogP contribution is 2.29. The molecular weight excluding hydrogens is 359 g/mol. The summed E-state index contributed by atoms with van der Waals surface area (Å²) < 4.78 is 19.3. The number of piperazine rings is 1. The van der Waals surface area contributed by atoms with E-state index in [1.807, 2.05) is 25.4 Å². The summed E-state index contributed by atoms with van der Waals surface area (Å²) in [7, 11) is 3.61. The highest BCUT2D eigenvalue weighted by Gasteiger charge is 2.30. The lowest BCUT2D eigenvalue weighted by molar-refractivity contribution is 0.0679. The molecule has 1 aromatic heterocycles. The molecule has 0 radical (unpaired) electrons. The van der Waals surface area contributed by atoms with Crippen molar-refractivity contribution in [3.05, 3.63) is 66.1 Å². The van der Waals surface area contributed by atoms with Gasteiger partial charge in [0.2, 0.25) is 0 Å². The standard InChI is InChI=1S/C20H23FN6O/c1-26-9-6-17(16-5-7-22-13-24-16)25-20(26)27-10-8-23-18(12-27)15-11-14(21)3-4-19(15)28-2/h3-7,9,11,13,18,20,23H,8,10,12H2,1-2H3. The fraction of sp³-hybridized carbons (Fsp3) is 0.350. The Hall–Kier alpha value is -2.84. The quantitative estimate of drug-likeness (QED) is 0.870. The molecule has 2 unspecified atom stereocenters. The van der Waals surface area contributed by atoms with Gasteiger partial charge in [0.25, 0.3) is 0 Å². The van der Waals surface area contributed by atoms with E-state index >= 15 is 0 Å². The van der Waals surface area contributed by atoms with Crippen LogP contribution >= 0.6 is 0 Å². The zero-order valence-electron chi connectivity index (χ0n) is 15.9. The average Bonchev–Trinajstić information content (AvgIpc) is 2.75. The first-order valence-electron chi connectivity index (χ1n) is 9.21. The van der Waals surface area contributed by atoms with Gasteiger partial charge in [-0.05, 0) is 30.3 Å². The van der Waals surface area contributed by atoms with Crippen LogP contribution < -0.4 is 10.1 Å². The maximum atomic E-state index is 13.8. The van der Waals surface area contributed by atoms with Gasteiger partial charge in [0.15, 0.2) is 6.29 Å². The molecule has 1 saturated heterocycles. The van der Waals surface area contributed by atoms with Crippen molar-refractivity contribution in [2.45, 2.75) is 12.3 Å². The number of halogens is 1. The molecule has 2 aromatic rings. The van der Waals surface area contributed by atoms with Gasteiger partial charge in [-0.25, -0.2) is 19.4 Å². The minimum absolute atomic E-state index is 0.0450. The van der Waals surface area contributed by atoms with Crippen molar-refractivity contribution in [3.63, 3.8) is 0 Å². The minimum Gasteiger partial charge on any atom is -0.496 e. The maximum Gasteiger partial charge on any atom is 0.178 e. The second-order valence-electron chi connectivity index (χ2n) is 6.82. The van der Waals surface area contributed by atoms with Crippen LogP contribution in [-0.2, 0) is 0 Å². The predicted molar refractivity (Wildman–Crippen MR) is 105 cm³/mol. The van der Waals surface area contributed by atoms with E-state index in [0.717, 1.165) is 30.1 Å². The normalized spacial score (nSPS) is 22.8. The third-order valence-corrected chi connectivity index (χ3v) is 5.03. The Kier molecular flexibility index (Phi) is 5.31. The maximum absolute atomic E-state index is 13.8. The fourth-order valence-corrected chi connectivity index (χ4v) is 3.62. The van der Waals surface area contributed by atoms with Gasteiger partial charge in [0.05, 0.1) is 18.5 Å². The van der Waals surface area contributed by atoms with Crippen LogP contribution in [0.15, 0.2) is 54.1 Å². The monoisotopic (exact) mass is 382 g/mol. The first-order chi connectivity index (χ1) is 13.7. The van der Waals surface area contributed by atoms with Crippen molar-refractivity contribution in [3.8, 4) is 5.75 Å². The van der Waals surface area contributed by atoms with E-state index in [1.54, 1.807) is 25.4 Å². The molecule has 4 rings (SSSR count). The molecule has 28 heavy (non-hydrogen) atoms. The molecular formula is C20H23FN6O. The number of aliphatic imine (C=N–C) groups is 1. The largest absolute Gasteiger partial charge is 0.496 e. The van der Waals surface area contributed by atoms with E-state index in [0.29, 0.717) is 12.3 Å². The van der Waals surface area contributed by atoms with Crippen molar-refractivity contribution < 1.29 is 9.13 Å². The SMILES string of the molecule is COc1ccc(F)cc1C1CN(C2N=C(c3ccncn3)C=CN2C)CCN1. The number of allylic oxidation sites excluding steroid dienone is 1. The smallest absolute Gasteiger partial charge is 0.178 e. The van der Waals surface area contributed by atoms with Gasteiger partial charge in [-0.15, -0.1) is 0 Å². The zero-order chi connectivity index (χ0) is 19.5. The summed E-state index contributed by atoms with van der Waals surface area (Å²) in [6.45, 7) is 2.29. The molecule has 2 atom stereocenters. The predicted octanol–water partition coefficient (Wildman–Crippen LogP) is 1.80. The minimum atomic E-state index is -0.267. The molecule has 1 aromatic carbocycles. The van der Waals surface area contributed by atoms with Crippen LogP contribution in [-0.4, -0.2) is 65.6 Å². The molecule has 0 spiro atoms. The second-order valence-corrected chi connectivity index (χ2v) is 6.82. The van der Waals surface area contributed by atoms with E-state index < -0.39 is 0 Å². The van der Waals surface area contributed by atoms with E-state index in [9.17, 15) is 4.39 Å². The molecule has 146 valence electrons. The lowest BCUT2D eigenvalue weighted by Crippen LogP contribution is -2.54. The Morgan fingerprint density at radius 2 is 2.18 bits per heavy atom. The van der Waals surface area contributed by atoms with Gasteiger partial charge in [0.1, 0.15) is 17.9 Å². The summed E-state index contributed by atoms with van der Waals surface area (Å²) in [6, 6.07) is 6.44. The number of hydrogen-bond donors (Lipinski definition) is 1. The van der Waals surface area contributed by atoms with E-state index in [1.165, 1.54) is 12.4 Å². The molecule has 2 aliphatic heterocycles. The first kappa shape index (κ1) is 18.5. The topological polar surface area (TPSA) is 65.9 Å². The Morgan fingerprint density at radius 1 is 1.29 bits per heavy atom. The van der Waals surface area contributed by atoms with Gasteiger partial charge in [-0.2, -0.15) is 0 Å². The van der Waals surface area contributed by atoms with Crippen LogP contribution in [0.5, 0.6) is 5.75 Å². The summed E-state index contributed by atoms with van der Waals surface area (Å²) in [5.41, 5.74) is 2.44. The summed E-state index contributed by atoms with van der Waals surface area (Å²) in [5.74, 6) is 0.416. The van der Waals surface area contributed by atoms with Crippen LogP contribution in [0.3, 0.4) is 0 Å². The number of aromatic nitrogens is 2. The van der Waals surface area contributed by atoms with Crippen molar-refractivity contribution in [1.82, 2.24) is 25.1 Å². The zero-order valence-corrected chi connectivity index (χ0v) is 15.9. The number of methoxy groups -OCH3 is 1. The van der Waals surface area contributed by atoms with Crippen LogP contribution in [0.4, 0.5) is 4.39 Å². The summed E-state index contributed by atoms with van der Waals surface area (Å²) in [4.78, 5) is 17.5. The van der Waals surface area contributed by atoms with E-state index in [4.69, 9.17) is 9.73 Å². The lowest BCUT2D eigenvalue weighted by atomic mass is 10.0. The molecule has 2 aliphatic rings. The molecule has 0 saturated carbocycles. The number of nitrogens with one attached hydrogen (secondary N) is 1. The average molecular weight is 382 g/mol. The fourth-order valence-electron chi connectivity index (χ4n) is 3.62. The van der Waals surface area contributed by atoms with E-state index in [2.05, 4.69) is 25.1 Å². The molecule has 3 heterocycles. The summed E-state index contributed by atoms with van der Waals surface area (Å²) >= 11 is 0. The lowest BCUT2D eigenvalue weighted by Gasteiger charge is -2.41. The molecule has 1 fully saturated rings. The van der Waals surface area contributed by atoms with Gasteiger partial charge in [-0.1, -0.05) is 0 Å². The van der Waals surface area contributed by atoms with Gasteiger partial charge in [-0.3, -0.25) is 4.90 Å². The van der Waals surface area contributed by atoms with Crippen LogP contribution in [0, 0.1) is 5.82 Å². The van der Waals surface area contributed by atoms with Crippen molar-refractivity contribution >= 4 is 5.71 Å². The summed E-state index contributed by atoms with van der Waals surface area (Å²) in [6.07, 6.45) is 7.04. The number of benzene rings is 1. The van der Waals surface area contributed by atoms with Crippen molar-refractivity contribution in [1.29, 1.82) is 0 Å². The van der Waals surface area contributed by atoms with Gasteiger partial charge in [0, 0.05) is 50.7 Å². The Morgan fingerprint density at radius 3 is 2.96 bits per heavy atom. The Bertz CT molecular complexity index is 888. The third-order valence-electron chi connectivity index (χ3n) is 5.03. The van der Waals surface area contributed by atoms with E-state index in [-0.39, 0.29) is 18.1 Å². The number of ether oxygens (including phenoxy) is 1. The van der Waals surface area contributed by atoms with Gasteiger partial charge >= 0.3 is 0 Å². The van der Waals surface area contributed by atoms with Crippen molar-refractivity contribution in [2.75, 3.05) is 33.8 Å². The number of hydrogen-bond acceptors (Lipinski definition) is 7. The van der Waals surface area contributed by atoms with Crippen molar-refractivity contribution in [2.24, 2.45) is 4.99 Å². The van der Waals surface area contributed by atoms with Crippen LogP contribution in [0.1, 0.15) is 17.3 Å².